The zero-order chi connectivity index (χ0) is 18.0. The van der Waals surface area contributed by atoms with Gasteiger partial charge in [0.1, 0.15) is 11.4 Å². The van der Waals surface area contributed by atoms with Crippen LogP contribution in [0.15, 0.2) is 48.5 Å². The maximum Gasteiger partial charge on any atom is 0.352 e. The molecule has 0 aliphatic rings. The van der Waals surface area contributed by atoms with Crippen LogP contribution < -0.4 is 10.1 Å². The van der Waals surface area contributed by atoms with Gasteiger partial charge in [0.2, 0.25) is 5.91 Å². The van der Waals surface area contributed by atoms with Crippen molar-refractivity contribution in [3.05, 3.63) is 59.8 Å². The molecule has 0 aliphatic heterocycles. The Hall–Kier alpha value is -3.28. The standard InChI is InChI=1S/C19H18N2O4/c1-21-15-9-5-3-7-12(15)13(18(21)19(23)24)11-17(22)20-14-8-4-6-10-16(14)25-2/h3-10H,11H2,1-2H3,(H,20,22)(H,23,24). The molecule has 0 bridgehead atoms. The Morgan fingerprint density at radius 2 is 1.80 bits per heavy atom. The van der Waals surface area contributed by atoms with Crippen molar-refractivity contribution in [3.63, 3.8) is 0 Å². The molecular formula is C19H18N2O4. The van der Waals surface area contributed by atoms with E-state index < -0.39 is 5.97 Å². The Labute approximate surface area is 144 Å². The molecule has 1 heterocycles. The Morgan fingerprint density at radius 3 is 2.52 bits per heavy atom. The van der Waals surface area contributed by atoms with Crippen LogP contribution in [0.1, 0.15) is 16.1 Å². The summed E-state index contributed by atoms with van der Waals surface area (Å²) in [4.78, 5) is 24.2. The van der Waals surface area contributed by atoms with Crippen LogP contribution in [0.25, 0.3) is 10.9 Å². The number of carboxylic acids is 1. The zero-order valence-corrected chi connectivity index (χ0v) is 13.9. The molecule has 25 heavy (non-hydrogen) atoms. The van der Waals surface area contributed by atoms with E-state index in [4.69, 9.17) is 4.74 Å². The van der Waals surface area contributed by atoms with Gasteiger partial charge in [-0.25, -0.2) is 4.79 Å². The SMILES string of the molecule is COc1ccccc1NC(=O)Cc1c(C(=O)O)n(C)c2ccccc12. The predicted molar refractivity (Wildman–Crippen MR) is 95.2 cm³/mol. The summed E-state index contributed by atoms with van der Waals surface area (Å²) in [6, 6.07) is 14.4. The van der Waals surface area contributed by atoms with Crippen LogP contribution in [-0.4, -0.2) is 28.7 Å². The number of ether oxygens (including phenoxy) is 1. The number of amides is 1. The number of fused-ring (bicyclic) bond motifs is 1. The molecule has 6 heteroatoms. The van der Waals surface area contributed by atoms with Crippen molar-refractivity contribution >= 4 is 28.5 Å². The van der Waals surface area contributed by atoms with E-state index in [0.29, 0.717) is 17.0 Å². The first-order valence-corrected chi connectivity index (χ1v) is 7.75. The van der Waals surface area contributed by atoms with Crippen molar-refractivity contribution < 1.29 is 19.4 Å². The van der Waals surface area contributed by atoms with Gasteiger partial charge in [0.15, 0.2) is 0 Å². The Balaban J connectivity index is 1.96. The van der Waals surface area contributed by atoms with Crippen LogP contribution in [0.4, 0.5) is 5.69 Å². The molecule has 0 unspecified atom stereocenters. The third-order valence-electron chi connectivity index (χ3n) is 4.13. The fourth-order valence-corrected chi connectivity index (χ4v) is 3.03. The quantitative estimate of drug-likeness (QED) is 0.749. The number of aromatic nitrogens is 1. The highest BCUT2D eigenvalue weighted by atomic mass is 16.5. The molecular weight excluding hydrogens is 320 g/mol. The number of hydrogen-bond donors (Lipinski definition) is 2. The van der Waals surface area contributed by atoms with Gasteiger partial charge in [0.05, 0.1) is 19.2 Å². The smallest absolute Gasteiger partial charge is 0.352 e. The number of hydrogen-bond acceptors (Lipinski definition) is 3. The number of carbonyl (C=O) groups is 2. The summed E-state index contributed by atoms with van der Waals surface area (Å²) in [5.74, 6) is -0.811. The summed E-state index contributed by atoms with van der Waals surface area (Å²) in [5.41, 5.74) is 1.95. The number of rotatable bonds is 5. The molecule has 6 nitrogen and oxygen atoms in total. The van der Waals surface area contributed by atoms with E-state index in [-0.39, 0.29) is 18.0 Å². The number of methoxy groups -OCH3 is 1. The molecule has 0 aliphatic carbocycles. The number of benzene rings is 2. The summed E-state index contributed by atoms with van der Waals surface area (Å²) in [5, 5.41) is 13.1. The highest BCUT2D eigenvalue weighted by Gasteiger charge is 2.22. The van der Waals surface area contributed by atoms with Crippen LogP contribution >= 0.6 is 0 Å². The number of aryl methyl sites for hydroxylation is 1. The van der Waals surface area contributed by atoms with Gasteiger partial charge in [-0.2, -0.15) is 0 Å². The minimum atomic E-state index is -1.06. The fourth-order valence-electron chi connectivity index (χ4n) is 3.03. The molecule has 2 aromatic carbocycles. The minimum Gasteiger partial charge on any atom is -0.495 e. The monoisotopic (exact) mass is 338 g/mol. The first-order valence-electron chi connectivity index (χ1n) is 7.75. The first kappa shape index (κ1) is 16.6. The Bertz CT molecular complexity index is 959. The molecule has 0 atom stereocenters. The van der Waals surface area contributed by atoms with Gasteiger partial charge in [0, 0.05) is 23.5 Å². The second-order valence-corrected chi connectivity index (χ2v) is 5.63. The van der Waals surface area contributed by atoms with Gasteiger partial charge in [0.25, 0.3) is 0 Å². The number of nitrogens with one attached hydrogen (secondary N) is 1. The lowest BCUT2D eigenvalue weighted by atomic mass is 10.1. The fraction of sp³-hybridized carbons (Fsp3) is 0.158. The number of carboxylic acid groups (broad SMARTS) is 1. The highest BCUT2D eigenvalue weighted by molar-refractivity contribution is 6.03. The summed E-state index contributed by atoms with van der Waals surface area (Å²) >= 11 is 0. The van der Waals surface area contributed by atoms with Crippen molar-refractivity contribution in [1.82, 2.24) is 4.57 Å². The molecule has 3 rings (SSSR count). The second-order valence-electron chi connectivity index (χ2n) is 5.63. The average molecular weight is 338 g/mol. The molecule has 0 radical (unpaired) electrons. The maximum atomic E-state index is 12.5. The van der Waals surface area contributed by atoms with E-state index in [0.717, 1.165) is 10.9 Å². The van der Waals surface area contributed by atoms with E-state index >= 15 is 0 Å². The van der Waals surface area contributed by atoms with Gasteiger partial charge >= 0.3 is 5.97 Å². The van der Waals surface area contributed by atoms with Crippen LogP contribution in [-0.2, 0) is 18.3 Å². The van der Waals surface area contributed by atoms with E-state index in [9.17, 15) is 14.7 Å². The van der Waals surface area contributed by atoms with E-state index in [2.05, 4.69) is 5.32 Å². The van der Waals surface area contributed by atoms with Crippen molar-refractivity contribution in [2.45, 2.75) is 6.42 Å². The molecule has 0 fully saturated rings. The Morgan fingerprint density at radius 1 is 1.12 bits per heavy atom. The molecule has 0 saturated carbocycles. The lowest BCUT2D eigenvalue weighted by molar-refractivity contribution is -0.115. The molecule has 1 amide bonds. The highest BCUT2D eigenvalue weighted by Crippen LogP contribution is 2.27. The Kier molecular flexibility index (Phi) is 4.43. The predicted octanol–water partition coefficient (Wildman–Crippen LogP) is 3.07. The van der Waals surface area contributed by atoms with Gasteiger partial charge in [-0.05, 0) is 18.2 Å². The summed E-state index contributed by atoms with van der Waals surface area (Å²) in [7, 11) is 3.21. The summed E-state index contributed by atoms with van der Waals surface area (Å²) in [6.07, 6.45) is -0.0406. The molecule has 0 saturated heterocycles. The average Bonchev–Trinajstić information content (AvgIpc) is 2.88. The van der Waals surface area contributed by atoms with Gasteiger partial charge in [-0.1, -0.05) is 30.3 Å². The molecule has 128 valence electrons. The number of para-hydroxylation sites is 3. The van der Waals surface area contributed by atoms with E-state index in [1.807, 2.05) is 30.3 Å². The number of aromatic carboxylic acids is 1. The first-order chi connectivity index (χ1) is 12.0. The van der Waals surface area contributed by atoms with Crippen molar-refractivity contribution in [2.75, 3.05) is 12.4 Å². The van der Waals surface area contributed by atoms with Crippen LogP contribution in [0, 0.1) is 0 Å². The molecule has 2 N–H and O–H groups in total. The number of carbonyl (C=O) groups excluding carboxylic acids is 1. The van der Waals surface area contributed by atoms with Crippen LogP contribution in [0.5, 0.6) is 5.75 Å². The lowest BCUT2D eigenvalue weighted by Gasteiger charge is -2.10. The zero-order valence-electron chi connectivity index (χ0n) is 13.9. The third-order valence-corrected chi connectivity index (χ3v) is 4.13. The topological polar surface area (TPSA) is 80.6 Å². The van der Waals surface area contributed by atoms with Crippen LogP contribution in [0.2, 0.25) is 0 Å². The van der Waals surface area contributed by atoms with Crippen molar-refractivity contribution in [3.8, 4) is 5.75 Å². The normalized spacial score (nSPS) is 10.6. The van der Waals surface area contributed by atoms with Crippen molar-refractivity contribution in [1.29, 1.82) is 0 Å². The molecule has 3 aromatic rings. The second kappa shape index (κ2) is 6.68. The van der Waals surface area contributed by atoms with Gasteiger partial charge < -0.3 is 19.7 Å². The molecule has 0 spiro atoms. The van der Waals surface area contributed by atoms with E-state index in [1.54, 1.807) is 29.8 Å². The lowest BCUT2D eigenvalue weighted by Crippen LogP contribution is -2.17. The number of anilines is 1. The summed E-state index contributed by atoms with van der Waals surface area (Å²) < 4.78 is 6.82. The van der Waals surface area contributed by atoms with Crippen molar-refractivity contribution in [2.24, 2.45) is 7.05 Å². The van der Waals surface area contributed by atoms with Crippen LogP contribution in [0.3, 0.4) is 0 Å². The minimum absolute atomic E-state index is 0.0406. The van der Waals surface area contributed by atoms with E-state index in [1.165, 1.54) is 7.11 Å². The number of nitrogens with zero attached hydrogens (tertiary/aromatic N) is 1. The maximum absolute atomic E-state index is 12.5. The third kappa shape index (κ3) is 3.06. The van der Waals surface area contributed by atoms with Gasteiger partial charge in [-0.3, -0.25) is 4.79 Å². The summed E-state index contributed by atoms with van der Waals surface area (Å²) in [6.45, 7) is 0. The molecule has 1 aromatic heterocycles. The van der Waals surface area contributed by atoms with Gasteiger partial charge in [-0.15, -0.1) is 0 Å². The largest absolute Gasteiger partial charge is 0.495 e.